The number of amides is 3. The maximum Gasteiger partial charge on any atom is 0.323 e. The van der Waals surface area contributed by atoms with Gasteiger partial charge in [0.15, 0.2) is 0 Å². The summed E-state index contributed by atoms with van der Waals surface area (Å²) >= 11 is 1.57. The van der Waals surface area contributed by atoms with Crippen molar-refractivity contribution in [2.75, 3.05) is 16.0 Å². The number of rotatable bonds is 7. The molecule has 0 bridgehead atoms. The molecule has 3 amide bonds. The second-order valence-corrected chi connectivity index (χ2v) is 8.58. The molecule has 3 N–H and O–H groups in total. The smallest absolute Gasteiger partial charge is 0.323 e. The average Bonchev–Trinajstić information content (AvgIpc) is 3.16. The zero-order chi connectivity index (χ0) is 23.9. The van der Waals surface area contributed by atoms with Crippen LogP contribution in [0, 0.1) is 13.8 Å². The molecule has 4 aromatic rings. The second kappa shape index (κ2) is 10.7. The number of aryl methyl sites for hydroxylation is 2. The quantitative estimate of drug-likeness (QED) is 0.268. The molecule has 172 valence electrons. The van der Waals surface area contributed by atoms with Gasteiger partial charge in [-0.1, -0.05) is 35.5 Å². The zero-order valence-corrected chi connectivity index (χ0v) is 19.6. The lowest BCUT2D eigenvalue weighted by Gasteiger charge is -2.11. The highest BCUT2D eigenvalue weighted by atomic mass is 32.2. The Hall–Kier alpha value is -4.04. The summed E-state index contributed by atoms with van der Waals surface area (Å²) in [6, 6.07) is 23.3. The van der Waals surface area contributed by atoms with Crippen LogP contribution in [0.5, 0.6) is 0 Å². The number of aromatic nitrogens is 1. The Balaban J connectivity index is 1.37. The Kier molecular flexibility index (Phi) is 7.29. The number of hydrogen-bond donors (Lipinski definition) is 3. The van der Waals surface area contributed by atoms with Crippen molar-refractivity contribution >= 4 is 40.8 Å². The van der Waals surface area contributed by atoms with Crippen molar-refractivity contribution in [1.29, 1.82) is 0 Å². The standard InChI is InChI=1S/C26H24N4O3S/c1-17-23(18(2)33-30-17)16-34-24-11-7-6-10-22(24)25(31)27-20-12-14-21(15-13-20)29-26(32)28-19-8-4-3-5-9-19/h3-15H,16H2,1-2H3,(H,27,31)(H2,28,29,32). The summed E-state index contributed by atoms with van der Waals surface area (Å²) in [5.41, 5.74) is 4.43. The lowest BCUT2D eigenvalue weighted by Crippen LogP contribution is -2.19. The fraction of sp³-hybridized carbons (Fsp3) is 0.115. The van der Waals surface area contributed by atoms with E-state index in [0.717, 1.165) is 21.9 Å². The van der Waals surface area contributed by atoms with E-state index in [9.17, 15) is 9.59 Å². The Morgan fingerprint density at radius 2 is 1.38 bits per heavy atom. The number of thioether (sulfide) groups is 1. The highest BCUT2D eigenvalue weighted by Crippen LogP contribution is 2.29. The number of urea groups is 1. The second-order valence-electron chi connectivity index (χ2n) is 7.56. The van der Waals surface area contributed by atoms with Gasteiger partial charge in [-0.3, -0.25) is 4.79 Å². The van der Waals surface area contributed by atoms with Crippen molar-refractivity contribution in [2.24, 2.45) is 0 Å². The van der Waals surface area contributed by atoms with Gasteiger partial charge < -0.3 is 20.5 Å². The molecule has 0 spiro atoms. The van der Waals surface area contributed by atoms with Gasteiger partial charge in [-0.15, -0.1) is 11.8 Å². The van der Waals surface area contributed by atoms with Crippen LogP contribution < -0.4 is 16.0 Å². The van der Waals surface area contributed by atoms with Gasteiger partial charge in [0.05, 0.1) is 11.3 Å². The van der Waals surface area contributed by atoms with Gasteiger partial charge in [-0.2, -0.15) is 0 Å². The molecule has 0 saturated carbocycles. The molecule has 0 fully saturated rings. The van der Waals surface area contributed by atoms with Crippen molar-refractivity contribution in [3.63, 3.8) is 0 Å². The van der Waals surface area contributed by atoms with Gasteiger partial charge in [0.25, 0.3) is 5.91 Å². The van der Waals surface area contributed by atoms with Gasteiger partial charge in [0.2, 0.25) is 0 Å². The van der Waals surface area contributed by atoms with Gasteiger partial charge in [-0.05, 0) is 62.4 Å². The number of hydrogen-bond acceptors (Lipinski definition) is 5. The SMILES string of the molecule is Cc1noc(C)c1CSc1ccccc1C(=O)Nc1ccc(NC(=O)Nc2ccccc2)cc1. The van der Waals surface area contributed by atoms with Crippen molar-refractivity contribution in [2.45, 2.75) is 24.5 Å². The molecule has 7 nitrogen and oxygen atoms in total. The van der Waals surface area contributed by atoms with Gasteiger partial charge >= 0.3 is 6.03 Å². The first-order chi connectivity index (χ1) is 16.5. The van der Waals surface area contributed by atoms with E-state index < -0.39 is 0 Å². The first-order valence-electron chi connectivity index (χ1n) is 10.7. The fourth-order valence-electron chi connectivity index (χ4n) is 3.29. The van der Waals surface area contributed by atoms with E-state index in [1.165, 1.54) is 0 Å². The minimum Gasteiger partial charge on any atom is -0.361 e. The highest BCUT2D eigenvalue weighted by Gasteiger charge is 2.15. The van der Waals surface area contributed by atoms with E-state index in [1.807, 2.05) is 62.4 Å². The number of para-hydroxylation sites is 1. The minimum absolute atomic E-state index is 0.204. The van der Waals surface area contributed by atoms with Crippen LogP contribution in [0.2, 0.25) is 0 Å². The third-order valence-electron chi connectivity index (χ3n) is 5.12. The molecule has 8 heteroatoms. The van der Waals surface area contributed by atoms with Crippen molar-refractivity contribution in [3.8, 4) is 0 Å². The zero-order valence-electron chi connectivity index (χ0n) is 18.8. The maximum absolute atomic E-state index is 13.0. The van der Waals surface area contributed by atoms with Gasteiger partial charge in [0.1, 0.15) is 5.76 Å². The number of carbonyl (C=O) groups is 2. The van der Waals surface area contributed by atoms with E-state index in [1.54, 1.807) is 42.1 Å². The van der Waals surface area contributed by atoms with Crippen molar-refractivity contribution in [3.05, 3.63) is 101 Å². The summed E-state index contributed by atoms with van der Waals surface area (Å²) < 4.78 is 5.23. The molecule has 3 aromatic carbocycles. The van der Waals surface area contributed by atoms with E-state index >= 15 is 0 Å². The summed E-state index contributed by atoms with van der Waals surface area (Å²) in [5, 5.41) is 12.4. The van der Waals surface area contributed by atoms with Crippen LogP contribution >= 0.6 is 11.8 Å². The van der Waals surface area contributed by atoms with Gasteiger partial charge in [-0.25, -0.2) is 4.79 Å². The third-order valence-corrected chi connectivity index (χ3v) is 6.22. The molecule has 1 heterocycles. The van der Waals surface area contributed by atoms with Crippen molar-refractivity contribution < 1.29 is 14.1 Å². The van der Waals surface area contributed by atoms with Crippen LogP contribution in [0.25, 0.3) is 0 Å². The third kappa shape index (κ3) is 5.85. The fourth-order valence-corrected chi connectivity index (χ4v) is 4.49. The Morgan fingerprint density at radius 1 is 0.794 bits per heavy atom. The molecule has 4 rings (SSSR count). The molecule has 0 atom stereocenters. The van der Waals surface area contributed by atoms with Gasteiger partial charge in [0, 0.05) is 33.3 Å². The van der Waals surface area contributed by atoms with E-state index in [0.29, 0.717) is 28.4 Å². The topological polar surface area (TPSA) is 96.3 Å². The summed E-state index contributed by atoms with van der Waals surface area (Å²) in [4.78, 5) is 26.0. The van der Waals surface area contributed by atoms with Crippen LogP contribution in [0.1, 0.15) is 27.4 Å². The normalized spacial score (nSPS) is 10.5. The van der Waals surface area contributed by atoms with Crippen LogP contribution in [-0.2, 0) is 5.75 Å². The Labute approximate surface area is 201 Å². The van der Waals surface area contributed by atoms with Crippen LogP contribution in [0.15, 0.2) is 88.3 Å². The average molecular weight is 473 g/mol. The molecule has 0 aliphatic rings. The number of carbonyl (C=O) groups excluding carboxylic acids is 2. The predicted molar refractivity (Wildman–Crippen MR) is 135 cm³/mol. The van der Waals surface area contributed by atoms with Crippen LogP contribution in [0.4, 0.5) is 21.9 Å². The summed E-state index contributed by atoms with van der Waals surface area (Å²) in [5.74, 6) is 1.25. The van der Waals surface area contributed by atoms with E-state index in [-0.39, 0.29) is 11.9 Å². The lowest BCUT2D eigenvalue weighted by atomic mass is 10.2. The molecule has 0 aliphatic carbocycles. The predicted octanol–water partition coefficient (Wildman–Crippen LogP) is 6.48. The van der Waals surface area contributed by atoms with Crippen LogP contribution in [-0.4, -0.2) is 17.1 Å². The number of benzene rings is 3. The molecule has 0 unspecified atom stereocenters. The van der Waals surface area contributed by atoms with Crippen LogP contribution in [0.3, 0.4) is 0 Å². The summed E-state index contributed by atoms with van der Waals surface area (Å²) in [6.07, 6.45) is 0. The number of nitrogens with one attached hydrogen (secondary N) is 3. The molecule has 0 aliphatic heterocycles. The highest BCUT2D eigenvalue weighted by molar-refractivity contribution is 7.98. The molecule has 0 saturated heterocycles. The first-order valence-corrected chi connectivity index (χ1v) is 11.7. The Morgan fingerprint density at radius 3 is 2.03 bits per heavy atom. The van der Waals surface area contributed by atoms with E-state index in [2.05, 4.69) is 21.1 Å². The molecule has 1 aromatic heterocycles. The number of nitrogens with zero attached hydrogens (tertiary/aromatic N) is 1. The summed E-state index contributed by atoms with van der Waals surface area (Å²) in [6.45, 7) is 3.80. The largest absolute Gasteiger partial charge is 0.361 e. The minimum atomic E-state index is -0.341. The Bertz CT molecular complexity index is 1270. The summed E-state index contributed by atoms with van der Waals surface area (Å²) in [7, 11) is 0. The molecule has 0 radical (unpaired) electrons. The lowest BCUT2D eigenvalue weighted by molar-refractivity contribution is 0.102. The molecule has 34 heavy (non-hydrogen) atoms. The monoisotopic (exact) mass is 472 g/mol. The maximum atomic E-state index is 13.0. The number of anilines is 3. The molecular formula is C26H24N4O3S. The first kappa shape index (κ1) is 23.1. The van der Waals surface area contributed by atoms with E-state index in [4.69, 9.17) is 4.52 Å². The van der Waals surface area contributed by atoms with Crippen molar-refractivity contribution in [1.82, 2.24) is 5.16 Å². The molecular weight excluding hydrogens is 448 g/mol.